The van der Waals surface area contributed by atoms with Crippen molar-refractivity contribution < 1.29 is 23.5 Å². The first-order valence-corrected chi connectivity index (χ1v) is 9.21. The lowest BCUT2D eigenvalue weighted by Crippen LogP contribution is -2.42. The van der Waals surface area contributed by atoms with Crippen molar-refractivity contribution in [2.45, 2.75) is 6.10 Å². The number of carbonyl (C=O) groups is 1. The van der Waals surface area contributed by atoms with Crippen molar-refractivity contribution in [3.05, 3.63) is 59.9 Å². The molecule has 0 spiro atoms. The molecule has 0 saturated carbocycles. The molecule has 1 aliphatic heterocycles. The molecule has 1 atom stereocenters. The second-order valence-corrected chi connectivity index (χ2v) is 6.50. The van der Waals surface area contributed by atoms with Gasteiger partial charge in [0.2, 0.25) is 5.82 Å². The number of hydrogen-bond acceptors (Lipinski definition) is 7. The van der Waals surface area contributed by atoms with Crippen LogP contribution in [-0.4, -0.2) is 54.9 Å². The predicted octanol–water partition coefficient (Wildman–Crippen LogP) is 2.97. The number of aromatic nitrogens is 2. The lowest BCUT2D eigenvalue weighted by atomic mass is 10.1. The van der Waals surface area contributed by atoms with E-state index in [0.29, 0.717) is 42.7 Å². The van der Waals surface area contributed by atoms with Crippen LogP contribution in [0.3, 0.4) is 0 Å². The second kappa shape index (κ2) is 8.32. The number of hydrogen-bond donors (Lipinski definition) is 0. The fourth-order valence-corrected chi connectivity index (χ4v) is 3.20. The average Bonchev–Trinajstić information content (AvgIpc) is 3.29. The molecule has 29 heavy (non-hydrogen) atoms. The van der Waals surface area contributed by atoms with Crippen molar-refractivity contribution in [1.29, 1.82) is 0 Å². The highest BCUT2D eigenvalue weighted by Gasteiger charge is 2.30. The number of nitrogens with zero attached hydrogens (tertiary/aromatic N) is 3. The zero-order chi connectivity index (χ0) is 20.2. The number of carbonyl (C=O) groups excluding carboxylic acids is 1. The fourth-order valence-electron chi connectivity index (χ4n) is 3.20. The Morgan fingerprint density at radius 1 is 1.10 bits per heavy atom. The Kier molecular flexibility index (Phi) is 5.44. The Morgan fingerprint density at radius 3 is 2.66 bits per heavy atom. The summed E-state index contributed by atoms with van der Waals surface area (Å²) in [5.74, 6) is 1.97. The van der Waals surface area contributed by atoms with E-state index in [1.54, 1.807) is 31.3 Å². The third-order valence-electron chi connectivity index (χ3n) is 4.76. The fraction of sp³-hybridized carbons (Fsp3) is 0.286. The van der Waals surface area contributed by atoms with Crippen LogP contribution in [0, 0.1) is 0 Å². The predicted molar refractivity (Wildman–Crippen MR) is 104 cm³/mol. The van der Waals surface area contributed by atoms with Crippen LogP contribution in [0.15, 0.2) is 53.1 Å². The van der Waals surface area contributed by atoms with E-state index in [4.69, 9.17) is 18.7 Å². The quantitative estimate of drug-likeness (QED) is 0.656. The van der Waals surface area contributed by atoms with Crippen molar-refractivity contribution >= 4 is 5.91 Å². The van der Waals surface area contributed by atoms with Gasteiger partial charge in [0.05, 0.1) is 32.9 Å². The van der Waals surface area contributed by atoms with Crippen molar-refractivity contribution in [2.24, 2.45) is 0 Å². The van der Waals surface area contributed by atoms with Gasteiger partial charge >= 0.3 is 0 Å². The van der Waals surface area contributed by atoms with Gasteiger partial charge in [-0.3, -0.25) is 4.79 Å². The summed E-state index contributed by atoms with van der Waals surface area (Å²) in [6.07, 6.45) is -0.460. The molecular weight excluding hydrogens is 374 g/mol. The molecule has 0 N–H and O–H groups in total. The zero-order valence-electron chi connectivity index (χ0n) is 16.2. The average molecular weight is 395 g/mol. The third kappa shape index (κ3) is 3.93. The highest BCUT2D eigenvalue weighted by Crippen LogP contribution is 2.27. The molecule has 8 heteroatoms. The Bertz CT molecular complexity index is 986. The number of rotatable bonds is 5. The minimum Gasteiger partial charge on any atom is -0.497 e. The molecule has 8 nitrogen and oxygen atoms in total. The monoisotopic (exact) mass is 395 g/mol. The van der Waals surface area contributed by atoms with Crippen molar-refractivity contribution in [3.63, 3.8) is 0 Å². The highest BCUT2D eigenvalue weighted by molar-refractivity contribution is 5.97. The maximum atomic E-state index is 13.0. The topological polar surface area (TPSA) is 86.9 Å². The van der Waals surface area contributed by atoms with Crippen LogP contribution >= 0.6 is 0 Å². The zero-order valence-corrected chi connectivity index (χ0v) is 16.2. The minimum atomic E-state index is -0.460. The van der Waals surface area contributed by atoms with Gasteiger partial charge in [-0.15, -0.1) is 0 Å². The molecule has 0 bridgehead atoms. The van der Waals surface area contributed by atoms with Crippen LogP contribution in [0.5, 0.6) is 11.5 Å². The van der Waals surface area contributed by atoms with Gasteiger partial charge in [0, 0.05) is 12.1 Å². The van der Waals surface area contributed by atoms with Gasteiger partial charge in [-0.2, -0.15) is 4.98 Å². The molecule has 1 fully saturated rings. The lowest BCUT2D eigenvalue weighted by molar-refractivity contribution is -0.0277. The molecule has 3 aromatic rings. The van der Waals surface area contributed by atoms with Crippen LogP contribution in [0.25, 0.3) is 11.5 Å². The molecule has 0 radical (unpaired) electrons. The van der Waals surface area contributed by atoms with Crippen molar-refractivity contribution in [2.75, 3.05) is 33.9 Å². The molecular formula is C21H21N3O5. The first-order valence-electron chi connectivity index (χ1n) is 9.21. The first kappa shape index (κ1) is 18.9. The third-order valence-corrected chi connectivity index (χ3v) is 4.76. The van der Waals surface area contributed by atoms with Crippen LogP contribution in [-0.2, 0) is 4.74 Å². The Labute approximate surface area is 168 Å². The molecule has 1 aliphatic rings. The van der Waals surface area contributed by atoms with Crippen LogP contribution in [0.1, 0.15) is 22.3 Å². The molecule has 0 unspecified atom stereocenters. The minimum absolute atomic E-state index is 0.116. The van der Waals surface area contributed by atoms with E-state index in [2.05, 4.69) is 10.1 Å². The number of methoxy groups -OCH3 is 2. The van der Waals surface area contributed by atoms with Crippen molar-refractivity contribution in [3.8, 4) is 23.0 Å². The number of amides is 1. The summed E-state index contributed by atoms with van der Waals surface area (Å²) in [6, 6.07) is 14.5. The van der Waals surface area contributed by atoms with Gasteiger partial charge in [0.25, 0.3) is 11.8 Å². The molecule has 2 aromatic carbocycles. The van der Waals surface area contributed by atoms with Gasteiger partial charge in [0.1, 0.15) is 17.6 Å². The van der Waals surface area contributed by atoms with Crippen LogP contribution in [0.2, 0.25) is 0 Å². The smallest absolute Gasteiger partial charge is 0.258 e. The van der Waals surface area contributed by atoms with Crippen LogP contribution in [0.4, 0.5) is 0 Å². The molecule has 2 heterocycles. The summed E-state index contributed by atoms with van der Waals surface area (Å²) in [4.78, 5) is 19.1. The number of morpholine rings is 1. The Hall–Kier alpha value is -3.39. The molecule has 150 valence electrons. The maximum Gasteiger partial charge on any atom is 0.258 e. The van der Waals surface area contributed by atoms with Gasteiger partial charge in [-0.1, -0.05) is 17.3 Å². The summed E-state index contributed by atoms with van der Waals surface area (Å²) >= 11 is 0. The van der Waals surface area contributed by atoms with Gasteiger partial charge in [0.15, 0.2) is 0 Å². The normalized spacial score (nSPS) is 16.5. The summed E-state index contributed by atoms with van der Waals surface area (Å²) < 4.78 is 21.7. The molecule has 1 amide bonds. The SMILES string of the molecule is COc1ccc(-c2nc([C@@H]3CN(C(=O)c4ccccc4OC)CCO3)no2)cc1. The van der Waals surface area contributed by atoms with Gasteiger partial charge < -0.3 is 23.6 Å². The van der Waals surface area contributed by atoms with E-state index in [-0.39, 0.29) is 5.91 Å². The Balaban J connectivity index is 1.50. The standard InChI is InChI=1S/C21H21N3O5/c1-26-15-9-7-14(8-10-15)20-22-19(23-29-20)18-13-24(11-12-28-18)21(25)16-5-3-4-6-17(16)27-2/h3-10,18H,11-13H2,1-2H3/t18-/m0/s1. The maximum absolute atomic E-state index is 13.0. The van der Waals surface area contributed by atoms with Gasteiger partial charge in [-0.05, 0) is 36.4 Å². The highest BCUT2D eigenvalue weighted by atomic mass is 16.5. The van der Waals surface area contributed by atoms with Gasteiger partial charge in [-0.25, -0.2) is 0 Å². The molecule has 1 aromatic heterocycles. The van der Waals surface area contributed by atoms with E-state index < -0.39 is 6.10 Å². The number of ether oxygens (including phenoxy) is 3. The lowest BCUT2D eigenvalue weighted by Gasteiger charge is -2.31. The van der Waals surface area contributed by atoms with E-state index in [9.17, 15) is 4.79 Å². The molecule has 1 saturated heterocycles. The summed E-state index contributed by atoms with van der Waals surface area (Å²) in [5, 5.41) is 4.05. The van der Waals surface area contributed by atoms with Crippen LogP contribution < -0.4 is 9.47 Å². The largest absolute Gasteiger partial charge is 0.497 e. The van der Waals surface area contributed by atoms with E-state index >= 15 is 0 Å². The van der Waals surface area contributed by atoms with Crippen molar-refractivity contribution in [1.82, 2.24) is 15.0 Å². The second-order valence-electron chi connectivity index (χ2n) is 6.50. The first-order chi connectivity index (χ1) is 14.2. The number of benzene rings is 2. The van der Waals surface area contributed by atoms with E-state index in [0.717, 1.165) is 11.3 Å². The summed E-state index contributed by atoms with van der Waals surface area (Å²) in [6.45, 7) is 1.20. The van der Waals surface area contributed by atoms with E-state index in [1.807, 2.05) is 36.4 Å². The summed E-state index contributed by atoms with van der Waals surface area (Å²) in [5.41, 5.74) is 1.30. The number of para-hydroxylation sites is 1. The van der Waals surface area contributed by atoms with E-state index in [1.165, 1.54) is 0 Å². The Morgan fingerprint density at radius 2 is 1.90 bits per heavy atom. The molecule has 4 rings (SSSR count). The summed E-state index contributed by atoms with van der Waals surface area (Å²) in [7, 11) is 3.16. The molecule has 0 aliphatic carbocycles.